The van der Waals surface area contributed by atoms with Gasteiger partial charge in [-0.1, -0.05) is 12.1 Å². The fourth-order valence-corrected chi connectivity index (χ4v) is 3.98. The number of amides is 3. The van der Waals surface area contributed by atoms with E-state index in [0.29, 0.717) is 32.4 Å². The number of benzene rings is 2. The van der Waals surface area contributed by atoms with Crippen LogP contribution in [0.3, 0.4) is 0 Å². The Morgan fingerprint density at radius 2 is 0.903 bits per heavy atom. The molecule has 0 spiro atoms. The molecule has 0 unspecified atom stereocenters. The van der Waals surface area contributed by atoms with E-state index in [9.17, 15) is 14.4 Å². The van der Waals surface area contributed by atoms with Crippen LogP contribution >= 0.6 is 22.7 Å². The summed E-state index contributed by atoms with van der Waals surface area (Å²) in [6.07, 6.45) is 0. The van der Waals surface area contributed by atoms with Gasteiger partial charge in [-0.05, 0) is 71.4 Å². The minimum atomic E-state index is -0.272. The predicted molar refractivity (Wildman–Crippen MR) is 125 cm³/mol. The highest BCUT2D eigenvalue weighted by Crippen LogP contribution is 2.18. The van der Waals surface area contributed by atoms with Crippen molar-refractivity contribution in [2.75, 3.05) is 16.0 Å². The second kappa shape index (κ2) is 9.38. The Kier molecular flexibility index (Phi) is 6.21. The first-order valence-corrected chi connectivity index (χ1v) is 11.1. The molecule has 0 aliphatic carbocycles. The van der Waals surface area contributed by atoms with Crippen LogP contribution in [0.2, 0.25) is 0 Å². The molecule has 6 nitrogen and oxygen atoms in total. The van der Waals surface area contributed by atoms with E-state index in [0.717, 1.165) is 0 Å². The Morgan fingerprint density at radius 1 is 0.516 bits per heavy atom. The predicted octanol–water partition coefficient (Wildman–Crippen LogP) is 5.57. The molecule has 3 N–H and O–H groups in total. The monoisotopic (exact) mass is 447 g/mol. The van der Waals surface area contributed by atoms with Gasteiger partial charge in [-0.25, -0.2) is 0 Å². The van der Waals surface area contributed by atoms with Gasteiger partial charge in [0.1, 0.15) is 0 Å². The smallest absolute Gasteiger partial charge is 0.265 e. The fourth-order valence-electron chi connectivity index (χ4n) is 2.75. The molecular formula is C23H17N3O3S2. The van der Waals surface area contributed by atoms with E-state index in [1.54, 1.807) is 60.7 Å². The molecule has 2 aromatic carbocycles. The van der Waals surface area contributed by atoms with Crippen molar-refractivity contribution in [3.05, 3.63) is 98.9 Å². The highest BCUT2D eigenvalue weighted by atomic mass is 32.1. The molecule has 0 aliphatic rings. The topological polar surface area (TPSA) is 87.3 Å². The summed E-state index contributed by atoms with van der Waals surface area (Å²) in [4.78, 5) is 37.9. The van der Waals surface area contributed by atoms with Crippen LogP contribution in [0.4, 0.5) is 17.1 Å². The summed E-state index contributed by atoms with van der Waals surface area (Å²) < 4.78 is 0. The van der Waals surface area contributed by atoms with Crippen molar-refractivity contribution in [1.82, 2.24) is 0 Å². The van der Waals surface area contributed by atoms with E-state index in [2.05, 4.69) is 16.0 Å². The molecule has 0 saturated heterocycles. The molecule has 2 heterocycles. The minimum Gasteiger partial charge on any atom is -0.322 e. The average Bonchev–Trinajstić information content (AvgIpc) is 3.50. The highest BCUT2D eigenvalue weighted by molar-refractivity contribution is 7.12. The van der Waals surface area contributed by atoms with E-state index < -0.39 is 0 Å². The Bertz CT molecular complexity index is 1180. The van der Waals surface area contributed by atoms with Gasteiger partial charge in [0, 0.05) is 22.6 Å². The second-order valence-corrected chi connectivity index (χ2v) is 8.37. The number of thiophene rings is 2. The van der Waals surface area contributed by atoms with Crippen molar-refractivity contribution in [3.63, 3.8) is 0 Å². The summed E-state index contributed by atoms with van der Waals surface area (Å²) >= 11 is 2.74. The van der Waals surface area contributed by atoms with Gasteiger partial charge in [0.25, 0.3) is 17.7 Å². The quantitative estimate of drug-likeness (QED) is 0.361. The van der Waals surface area contributed by atoms with Crippen molar-refractivity contribution in [2.45, 2.75) is 0 Å². The van der Waals surface area contributed by atoms with Gasteiger partial charge in [0.05, 0.1) is 9.75 Å². The maximum absolute atomic E-state index is 12.5. The van der Waals surface area contributed by atoms with Crippen molar-refractivity contribution < 1.29 is 14.4 Å². The van der Waals surface area contributed by atoms with Crippen LogP contribution in [-0.4, -0.2) is 17.7 Å². The Hall–Kier alpha value is -3.75. The van der Waals surface area contributed by atoms with E-state index in [1.807, 2.05) is 22.9 Å². The number of carbonyl (C=O) groups excluding carboxylic acids is 3. The molecule has 0 bridgehead atoms. The van der Waals surface area contributed by atoms with Crippen molar-refractivity contribution in [1.29, 1.82) is 0 Å². The molecule has 4 aromatic rings. The number of hydrogen-bond donors (Lipinski definition) is 3. The summed E-state index contributed by atoms with van der Waals surface area (Å²) in [5.41, 5.74) is 2.32. The van der Waals surface area contributed by atoms with Gasteiger partial charge in [-0.3, -0.25) is 14.4 Å². The molecule has 3 amide bonds. The van der Waals surface area contributed by atoms with Gasteiger partial charge >= 0.3 is 0 Å². The lowest BCUT2D eigenvalue weighted by molar-refractivity contribution is 0.102. The van der Waals surface area contributed by atoms with Crippen molar-refractivity contribution in [3.8, 4) is 0 Å². The number of hydrogen-bond acceptors (Lipinski definition) is 5. The molecule has 0 aliphatic heterocycles. The molecule has 0 fully saturated rings. The first-order chi connectivity index (χ1) is 15.1. The molecular weight excluding hydrogens is 430 g/mol. The highest BCUT2D eigenvalue weighted by Gasteiger charge is 2.10. The standard InChI is InChI=1S/C23H17N3O3S2/c27-21(15-5-7-16(8-6-15)25-22(28)19-3-1-13-30-19)24-17-9-11-18(12-10-17)26-23(29)20-4-2-14-31-20/h1-14H,(H,24,27)(H,25,28)(H,26,29). The van der Waals surface area contributed by atoms with Crippen LogP contribution in [0.15, 0.2) is 83.6 Å². The zero-order valence-electron chi connectivity index (χ0n) is 16.1. The number of nitrogens with one attached hydrogen (secondary N) is 3. The van der Waals surface area contributed by atoms with E-state index >= 15 is 0 Å². The first kappa shape index (κ1) is 20.5. The first-order valence-electron chi connectivity index (χ1n) is 9.30. The van der Waals surface area contributed by atoms with Crippen molar-refractivity contribution >= 4 is 57.5 Å². The average molecular weight is 448 g/mol. The summed E-state index contributed by atoms with van der Waals surface area (Å²) in [6.45, 7) is 0. The van der Waals surface area contributed by atoms with Crippen molar-refractivity contribution in [2.24, 2.45) is 0 Å². The molecule has 0 radical (unpaired) electrons. The summed E-state index contributed by atoms with van der Waals surface area (Å²) in [5, 5.41) is 12.1. The van der Waals surface area contributed by atoms with Gasteiger partial charge < -0.3 is 16.0 Å². The lowest BCUT2D eigenvalue weighted by Crippen LogP contribution is -2.13. The maximum Gasteiger partial charge on any atom is 0.265 e. The van der Waals surface area contributed by atoms with E-state index in [4.69, 9.17) is 0 Å². The molecule has 154 valence electrons. The van der Waals surface area contributed by atoms with Crippen LogP contribution < -0.4 is 16.0 Å². The third-order valence-corrected chi connectivity index (χ3v) is 6.03. The molecule has 0 saturated carbocycles. The summed E-state index contributed by atoms with van der Waals surface area (Å²) in [5.74, 6) is -0.622. The minimum absolute atomic E-state index is 0.168. The van der Waals surface area contributed by atoms with E-state index in [1.165, 1.54) is 22.7 Å². The molecule has 31 heavy (non-hydrogen) atoms. The third-order valence-electron chi connectivity index (χ3n) is 4.30. The van der Waals surface area contributed by atoms with Crippen LogP contribution in [0.25, 0.3) is 0 Å². The normalized spacial score (nSPS) is 10.3. The van der Waals surface area contributed by atoms with Gasteiger partial charge in [0.15, 0.2) is 0 Å². The number of carbonyl (C=O) groups is 3. The number of rotatable bonds is 6. The summed E-state index contributed by atoms with van der Waals surface area (Å²) in [7, 11) is 0. The zero-order chi connectivity index (χ0) is 21.6. The summed E-state index contributed by atoms with van der Waals surface area (Å²) in [6, 6.07) is 20.7. The Balaban J connectivity index is 1.33. The molecule has 2 aromatic heterocycles. The lowest BCUT2D eigenvalue weighted by Gasteiger charge is -2.08. The molecule has 0 atom stereocenters. The maximum atomic E-state index is 12.5. The van der Waals surface area contributed by atoms with Crippen LogP contribution in [-0.2, 0) is 0 Å². The van der Waals surface area contributed by atoms with Crippen LogP contribution in [0.5, 0.6) is 0 Å². The largest absolute Gasteiger partial charge is 0.322 e. The van der Waals surface area contributed by atoms with Gasteiger partial charge in [0.2, 0.25) is 0 Å². The molecule has 8 heteroatoms. The van der Waals surface area contributed by atoms with Gasteiger partial charge in [-0.15, -0.1) is 22.7 Å². The van der Waals surface area contributed by atoms with Crippen LogP contribution in [0.1, 0.15) is 29.7 Å². The van der Waals surface area contributed by atoms with E-state index in [-0.39, 0.29) is 17.7 Å². The Morgan fingerprint density at radius 3 is 1.29 bits per heavy atom. The second-order valence-electron chi connectivity index (χ2n) is 6.47. The molecule has 4 rings (SSSR count). The fraction of sp³-hybridized carbons (Fsp3) is 0. The van der Waals surface area contributed by atoms with Gasteiger partial charge in [-0.2, -0.15) is 0 Å². The van der Waals surface area contributed by atoms with Crippen LogP contribution in [0, 0.1) is 0 Å². The third kappa shape index (κ3) is 5.25. The Labute approximate surface area is 186 Å². The lowest BCUT2D eigenvalue weighted by atomic mass is 10.2. The number of anilines is 3. The SMILES string of the molecule is O=C(Nc1ccc(NC(=O)c2cccs2)cc1)c1ccc(NC(=O)c2cccs2)cc1. The zero-order valence-corrected chi connectivity index (χ0v) is 17.8.